The van der Waals surface area contributed by atoms with Crippen molar-refractivity contribution in [3.8, 4) is 11.5 Å². The SMILES string of the molecule is CCOc1cc2c(cc1CNC(=O)c1ccc(CN3CCCC3=O)cc1)O[C@H](C)C2. The fourth-order valence-corrected chi connectivity index (χ4v) is 4.04. The molecule has 2 aromatic carbocycles. The summed E-state index contributed by atoms with van der Waals surface area (Å²) in [6, 6.07) is 11.4. The molecule has 0 spiro atoms. The van der Waals surface area contributed by atoms with Gasteiger partial charge in [0.1, 0.15) is 17.6 Å². The number of ether oxygens (including phenoxy) is 2. The first kappa shape index (κ1) is 20.3. The molecule has 6 heteroatoms. The summed E-state index contributed by atoms with van der Waals surface area (Å²) < 4.78 is 11.6. The molecule has 6 nitrogen and oxygen atoms in total. The summed E-state index contributed by atoms with van der Waals surface area (Å²) >= 11 is 0. The Morgan fingerprint density at radius 2 is 2.07 bits per heavy atom. The number of carbonyl (C=O) groups is 2. The van der Waals surface area contributed by atoms with Crippen molar-refractivity contribution in [3.05, 3.63) is 58.7 Å². The van der Waals surface area contributed by atoms with Crippen molar-refractivity contribution in [1.29, 1.82) is 0 Å². The van der Waals surface area contributed by atoms with Crippen LogP contribution >= 0.6 is 0 Å². The molecule has 158 valence electrons. The maximum absolute atomic E-state index is 12.6. The molecule has 0 radical (unpaired) electrons. The van der Waals surface area contributed by atoms with Crippen LogP contribution in [0.3, 0.4) is 0 Å². The summed E-state index contributed by atoms with van der Waals surface area (Å²) in [4.78, 5) is 26.3. The number of hydrogen-bond donors (Lipinski definition) is 1. The number of likely N-dealkylation sites (tertiary alicyclic amines) is 1. The first-order valence-electron chi connectivity index (χ1n) is 10.6. The van der Waals surface area contributed by atoms with Gasteiger partial charge in [-0.2, -0.15) is 0 Å². The molecule has 2 amide bonds. The van der Waals surface area contributed by atoms with Crippen LogP contribution in [0.15, 0.2) is 36.4 Å². The monoisotopic (exact) mass is 408 g/mol. The summed E-state index contributed by atoms with van der Waals surface area (Å²) in [7, 11) is 0. The Bertz CT molecular complexity index is 939. The van der Waals surface area contributed by atoms with E-state index in [1.807, 2.05) is 55.1 Å². The van der Waals surface area contributed by atoms with E-state index in [1.54, 1.807) is 0 Å². The van der Waals surface area contributed by atoms with E-state index in [-0.39, 0.29) is 17.9 Å². The largest absolute Gasteiger partial charge is 0.494 e. The van der Waals surface area contributed by atoms with Crippen molar-refractivity contribution in [2.75, 3.05) is 13.2 Å². The molecule has 2 heterocycles. The minimum atomic E-state index is -0.143. The Morgan fingerprint density at radius 1 is 1.27 bits per heavy atom. The van der Waals surface area contributed by atoms with Gasteiger partial charge in [0.05, 0.1) is 6.61 Å². The number of nitrogens with zero attached hydrogens (tertiary/aromatic N) is 1. The van der Waals surface area contributed by atoms with Gasteiger partial charge in [-0.15, -0.1) is 0 Å². The fourth-order valence-electron chi connectivity index (χ4n) is 4.04. The van der Waals surface area contributed by atoms with Crippen LogP contribution in [-0.4, -0.2) is 36.0 Å². The number of amides is 2. The molecule has 1 saturated heterocycles. The van der Waals surface area contributed by atoms with Gasteiger partial charge in [-0.1, -0.05) is 12.1 Å². The third-order valence-corrected chi connectivity index (χ3v) is 5.58. The Kier molecular flexibility index (Phi) is 5.93. The van der Waals surface area contributed by atoms with Crippen molar-refractivity contribution in [3.63, 3.8) is 0 Å². The summed E-state index contributed by atoms with van der Waals surface area (Å²) in [6.07, 6.45) is 2.60. The van der Waals surface area contributed by atoms with E-state index in [0.29, 0.717) is 31.7 Å². The number of nitrogens with one attached hydrogen (secondary N) is 1. The first-order valence-corrected chi connectivity index (χ1v) is 10.6. The van der Waals surface area contributed by atoms with Crippen LogP contribution in [0.5, 0.6) is 11.5 Å². The third kappa shape index (κ3) is 4.42. The summed E-state index contributed by atoms with van der Waals surface area (Å²) in [6.45, 7) is 6.34. The second kappa shape index (κ2) is 8.78. The molecule has 2 aliphatic heterocycles. The maximum atomic E-state index is 12.6. The summed E-state index contributed by atoms with van der Waals surface area (Å²) in [5, 5.41) is 2.98. The van der Waals surface area contributed by atoms with Gasteiger partial charge >= 0.3 is 0 Å². The van der Waals surface area contributed by atoms with Gasteiger partial charge in [-0.25, -0.2) is 0 Å². The van der Waals surface area contributed by atoms with Gasteiger partial charge in [0.25, 0.3) is 5.91 Å². The molecule has 1 fully saturated rings. The van der Waals surface area contributed by atoms with Crippen LogP contribution < -0.4 is 14.8 Å². The summed E-state index contributed by atoms with van der Waals surface area (Å²) in [5.41, 5.74) is 3.68. The predicted molar refractivity (Wildman–Crippen MR) is 114 cm³/mol. The van der Waals surface area contributed by atoms with Crippen LogP contribution in [0.25, 0.3) is 0 Å². The van der Waals surface area contributed by atoms with Crippen LogP contribution in [0.2, 0.25) is 0 Å². The smallest absolute Gasteiger partial charge is 0.251 e. The van der Waals surface area contributed by atoms with Crippen molar-refractivity contribution in [2.24, 2.45) is 0 Å². The minimum Gasteiger partial charge on any atom is -0.494 e. The molecule has 2 aliphatic rings. The Labute approximate surface area is 177 Å². The zero-order valence-electron chi connectivity index (χ0n) is 17.6. The number of hydrogen-bond acceptors (Lipinski definition) is 4. The van der Waals surface area contributed by atoms with Crippen LogP contribution in [-0.2, 0) is 24.3 Å². The van der Waals surface area contributed by atoms with Gasteiger partial charge in [0.2, 0.25) is 5.91 Å². The predicted octanol–water partition coefficient (Wildman–Crippen LogP) is 3.46. The molecule has 2 aromatic rings. The average Bonchev–Trinajstić information content (AvgIpc) is 3.30. The molecule has 0 unspecified atom stereocenters. The summed E-state index contributed by atoms with van der Waals surface area (Å²) in [5.74, 6) is 1.72. The van der Waals surface area contributed by atoms with Gasteiger partial charge in [0, 0.05) is 49.2 Å². The first-order chi connectivity index (χ1) is 14.5. The van der Waals surface area contributed by atoms with Crippen molar-refractivity contribution >= 4 is 11.8 Å². The number of benzene rings is 2. The molecule has 30 heavy (non-hydrogen) atoms. The molecule has 0 bridgehead atoms. The van der Waals surface area contributed by atoms with Crippen molar-refractivity contribution in [2.45, 2.75) is 52.3 Å². The lowest BCUT2D eigenvalue weighted by atomic mass is 10.1. The highest BCUT2D eigenvalue weighted by Crippen LogP contribution is 2.35. The van der Waals surface area contributed by atoms with Crippen LogP contribution in [0, 0.1) is 0 Å². The molecule has 4 rings (SSSR count). The molecule has 0 aliphatic carbocycles. The van der Waals surface area contributed by atoms with E-state index >= 15 is 0 Å². The zero-order valence-corrected chi connectivity index (χ0v) is 17.6. The highest BCUT2D eigenvalue weighted by atomic mass is 16.5. The standard InChI is InChI=1S/C24H28N2O4/c1-3-29-21-12-19-11-16(2)30-22(19)13-20(21)14-25-24(28)18-8-6-17(7-9-18)15-26-10-4-5-23(26)27/h6-9,12-13,16H,3-5,10-11,14-15H2,1-2H3,(H,25,28)/t16-/m1/s1. The van der Waals surface area contributed by atoms with Crippen molar-refractivity contribution < 1.29 is 19.1 Å². The van der Waals surface area contributed by atoms with E-state index < -0.39 is 0 Å². The van der Waals surface area contributed by atoms with Gasteiger partial charge < -0.3 is 19.7 Å². The van der Waals surface area contributed by atoms with Crippen molar-refractivity contribution in [1.82, 2.24) is 10.2 Å². The van der Waals surface area contributed by atoms with Crippen LogP contribution in [0.1, 0.15) is 53.7 Å². The van der Waals surface area contributed by atoms with E-state index in [4.69, 9.17) is 9.47 Å². The zero-order chi connectivity index (χ0) is 21.1. The van der Waals surface area contributed by atoms with E-state index in [2.05, 4.69) is 5.32 Å². The maximum Gasteiger partial charge on any atom is 0.251 e. The molecular weight excluding hydrogens is 380 g/mol. The fraction of sp³-hybridized carbons (Fsp3) is 0.417. The van der Waals surface area contributed by atoms with E-state index in [9.17, 15) is 9.59 Å². The third-order valence-electron chi connectivity index (χ3n) is 5.58. The lowest BCUT2D eigenvalue weighted by molar-refractivity contribution is -0.128. The Morgan fingerprint density at radius 3 is 2.77 bits per heavy atom. The molecular formula is C24H28N2O4. The second-order valence-electron chi connectivity index (χ2n) is 7.93. The minimum absolute atomic E-state index is 0.143. The number of carbonyl (C=O) groups excluding carboxylic acids is 2. The number of rotatable bonds is 7. The second-order valence-corrected chi connectivity index (χ2v) is 7.93. The van der Waals surface area contributed by atoms with E-state index in [0.717, 1.165) is 47.6 Å². The number of fused-ring (bicyclic) bond motifs is 1. The lowest BCUT2D eigenvalue weighted by Gasteiger charge is -2.16. The molecule has 0 aromatic heterocycles. The van der Waals surface area contributed by atoms with Gasteiger partial charge in [0.15, 0.2) is 0 Å². The average molecular weight is 408 g/mol. The highest BCUT2D eigenvalue weighted by molar-refractivity contribution is 5.94. The molecule has 0 saturated carbocycles. The Balaban J connectivity index is 1.39. The highest BCUT2D eigenvalue weighted by Gasteiger charge is 2.22. The quantitative estimate of drug-likeness (QED) is 0.762. The normalized spacial score (nSPS) is 17.6. The molecule has 1 atom stereocenters. The Hall–Kier alpha value is -3.02. The topological polar surface area (TPSA) is 67.9 Å². The molecule has 1 N–H and O–H groups in total. The lowest BCUT2D eigenvalue weighted by Crippen LogP contribution is -2.24. The van der Waals surface area contributed by atoms with Crippen LogP contribution in [0.4, 0.5) is 0 Å². The van der Waals surface area contributed by atoms with Gasteiger partial charge in [-0.3, -0.25) is 9.59 Å². The van der Waals surface area contributed by atoms with Gasteiger partial charge in [-0.05, 0) is 50.1 Å². The van der Waals surface area contributed by atoms with E-state index in [1.165, 1.54) is 0 Å².